The molecule has 0 aliphatic carbocycles. The van der Waals surface area contributed by atoms with Crippen molar-refractivity contribution in [2.24, 2.45) is 5.92 Å². The van der Waals surface area contributed by atoms with Gasteiger partial charge in [0.05, 0.1) is 29.7 Å². The molecule has 29 heavy (non-hydrogen) atoms. The number of hydrogen-bond acceptors (Lipinski definition) is 4. The number of piperidine rings is 1. The average molecular weight is 390 g/mol. The van der Waals surface area contributed by atoms with Crippen LogP contribution in [0.4, 0.5) is 0 Å². The van der Waals surface area contributed by atoms with E-state index in [1.165, 1.54) is 17.7 Å². The number of hydrogen-bond donors (Lipinski definition) is 3. The largest absolute Gasteiger partial charge is 0.507 e. The van der Waals surface area contributed by atoms with Crippen LogP contribution in [0.15, 0.2) is 51.7 Å². The Kier molecular flexibility index (Phi) is 4.36. The highest BCUT2D eigenvalue weighted by Crippen LogP contribution is 2.28. The van der Waals surface area contributed by atoms with Gasteiger partial charge in [-0.15, -0.1) is 0 Å². The normalized spacial score (nSPS) is 19.8. The van der Waals surface area contributed by atoms with Gasteiger partial charge in [0.15, 0.2) is 5.58 Å². The Morgan fingerprint density at radius 3 is 2.79 bits per heavy atom. The molecule has 6 nitrogen and oxygen atoms in total. The Morgan fingerprint density at radius 2 is 2.00 bits per heavy atom. The number of imidazole rings is 1. The van der Waals surface area contributed by atoms with Crippen LogP contribution < -0.4 is 10.5 Å². The summed E-state index contributed by atoms with van der Waals surface area (Å²) in [4.78, 5) is 21.9. The van der Waals surface area contributed by atoms with E-state index in [4.69, 9.17) is 4.42 Å². The van der Waals surface area contributed by atoms with Crippen LogP contribution >= 0.6 is 0 Å². The minimum absolute atomic E-state index is 0.184. The number of para-hydroxylation sites is 2. The lowest BCUT2D eigenvalue weighted by Crippen LogP contribution is -3.11. The Labute approximate surface area is 167 Å². The molecule has 148 valence electrons. The molecule has 1 aliphatic rings. The number of aromatic nitrogens is 2. The van der Waals surface area contributed by atoms with Gasteiger partial charge >= 0.3 is 5.63 Å². The predicted octanol–water partition coefficient (Wildman–Crippen LogP) is 2.86. The minimum Gasteiger partial charge on any atom is -0.507 e. The Bertz CT molecular complexity index is 1220. The van der Waals surface area contributed by atoms with Gasteiger partial charge in [-0.1, -0.05) is 19.1 Å². The number of likely N-dealkylation sites (tertiary alicyclic amines) is 1. The molecule has 0 atom stereocenters. The van der Waals surface area contributed by atoms with E-state index in [1.807, 2.05) is 24.3 Å². The number of phenols is 1. The number of aromatic amines is 1. The fourth-order valence-corrected chi connectivity index (χ4v) is 4.25. The van der Waals surface area contributed by atoms with Crippen LogP contribution in [0.2, 0.25) is 0 Å². The van der Waals surface area contributed by atoms with E-state index in [9.17, 15) is 9.90 Å². The topological polar surface area (TPSA) is 83.6 Å². The van der Waals surface area contributed by atoms with Crippen LogP contribution in [0.1, 0.15) is 25.3 Å². The zero-order chi connectivity index (χ0) is 20.0. The summed E-state index contributed by atoms with van der Waals surface area (Å²) in [5, 5.41) is 11.3. The first kappa shape index (κ1) is 17.9. The Morgan fingerprint density at radius 1 is 1.21 bits per heavy atom. The van der Waals surface area contributed by atoms with Gasteiger partial charge in [-0.05, 0) is 49.1 Å². The number of rotatable bonds is 3. The van der Waals surface area contributed by atoms with Crippen molar-refractivity contribution in [1.29, 1.82) is 0 Å². The number of nitrogens with one attached hydrogen (secondary N) is 2. The van der Waals surface area contributed by atoms with Gasteiger partial charge in [0.25, 0.3) is 0 Å². The minimum atomic E-state index is -0.453. The zero-order valence-corrected chi connectivity index (χ0v) is 16.4. The molecular weight excluding hydrogens is 366 g/mol. The fourth-order valence-electron chi connectivity index (χ4n) is 4.25. The number of fused-ring (bicyclic) bond motifs is 2. The molecule has 6 heteroatoms. The third-order valence-corrected chi connectivity index (χ3v) is 6.03. The van der Waals surface area contributed by atoms with E-state index in [-0.39, 0.29) is 5.75 Å². The van der Waals surface area contributed by atoms with Crippen molar-refractivity contribution >= 4 is 22.0 Å². The zero-order valence-electron chi connectivity index (χ0n) is 16.4. The van der Waals surface area contributed by atoms with Crippen molar-refractivity contribution in [2.75, 3.05) is 13.1 Å². The third-order valence-electron chi connectivity index (χ3n) is 6.03. The summed E-state index contributed by atoms with van der Waals surface area (Å²) in [6.07, 6.45) is 2.36. The lowest BCUT2D eigenvalue weighted by molar-refractivity contribution is -0.919. The van der Waals surface area contributed by atoms with Crippen molar-refractivity contribution in [3.8, 4) is 17.1 Å². The first-order valence-electron chi connectivity index (χ1n) is 10.2. The number of H-pyrrole nitrogens is 1. The Hall–Kier alpha value is -3.12. The maximum Gasteiger partial charge on any atom is 0.347 e. The summed E-state index contributed by atoms with van der Waals surface area (Å²) in [7, 11) is 0. The number of aromatic hydroxyl groups is 1. The van der Waals surface area contributed by atoms with Crippen LogP contribution in [0, 0.1) is 5.92 Å². The van der Waals surface area contributed by atoms with Crippen LogP contribution in [0.25, 0.3) is 33.4 Å². The molecule has 1 saturated heterocycles. The molecule has 0 amide bonds. The molecule has 1 aliphatic heterocycles. The molecule has 0 bridgehead atoms. The van der Waals surface area contributed by atoms with Crippen LogP contribution in [0.3, 0.4) is 0 Å². The van der Waals surface area contributed by atoms with E-state index in [2.05, 4.69) is 16.9 Å². The molecular formula is C23H24N3O3+. The maximum absolute atomic E-state index is 12.8. The average Bonchev–Trinajstić information content (AvgIpc) is 3.15. The first-order chi connectivity index (χ1) is 14.1. The van der Waals surface area contributed by atoms with Gasteiger partial charge in [0, 0.05) is 5.39 Å². The van der Waals surface area contributed by atoms with Gasteiger partial charge in [0.2, 0.25) is 0 Å². The highest BCUT2D eigenvalue weighted by atomic mass is 16.4. The molecule has 0 unspecified atom stereocenters. The van der Waals surface area contributed by atoms with Gasteiger partial charge < -0.3 is 19.4 Å². The standard InChI is InChI=1S/C23H23N3O3/c1-14-8-10-26(11-9-14)13-17-20(27)7-6-15-12-16(23(28)29-21(15)17)22-24-18-4-2-3-5-19(18)25-22/h2-7,12,14,27H,8-11,13H2,1H3,(H,24,25)/p+1. The third kappa shape index (κ3) is 3.29. The monoisotopic (exact) mass is 390 g/mol. The van der Waals surface area contributed by atoms with E-state index in [0.29, 0.717) is 29.1 Å². The SMILES string of the molecule is CC1CC[NH+](Cc2c(O)ccc3cc(-c4nc5ccccc5[nH]4)c(=O)oc23)CC1. The van der Waals surface area contributed by atoms with Crippen molar-refractivity contribution in [3.05, 3.63) is 58.4 Å². The fraction of sp³-hybridized carbons (Fsp3) is 0.304. The van der Waals surface area contributed by atoms with Crippen LogP contribution in [-0.4, -0.2) is 28.2 Å². The number of quaternary nitrogens is 1. The van der Waals surface area contributed by atoms with E-state index in [1.54, 1.807) is 18.2 Å². The predicted molar refractivity (Wildman–Crippen MR) is 112 cm³/mol. The second-order valence-corrected chi connectivity index (χ2v) is 8.14. The van der Waals surface area contributed by atoms with Crippen LogP contribution in [0.5, 0.6) is 5.75 Å². The highest BCUT2D eigenvalue weighted by Gasteiger charge is 2.23. The van der Waals surface area contributed by atoms with Gasteiger partial charge in [-0.25, -0.2) is 9.78 Å². The van der Waals surface area contributed by atoms with Crippen molar-refractivity contribution in [1.82, 2.24) is 9.97 Å². The van der Waals surface area contributed by atoms with Crippen LogP contribution in [-0.2, 0) is 6.54 Å². The first-order valence-corrected chi connectivity index (χ1v) is 10.2. The highest BCUT2D eigenvalue weighted by molar-refractivity contribution is 5.86. The smallest absolute Gasteiger partial charge is 0.347 e. The summed E-state index contributed by atoms with van der Waals surface area (Å²) in [6, 6.07) is 12.9. The molecule has 3 N–H and O–H groups in total. The molecule has 2 aromatic heterocycles. The number of benzene rings is 2. The second kappa shape index (κ2) is 7.04. The summed E-state index contributed by atoms with van der Waals surface area (Å²) < 4.78 is 5.73. The van der Waals surface area contributed by atoms with E-state index in [0.717, 1.165) is 35.4 Å². The molecule has 0 spiro atoms. The lowest BCUT2D eigenvalue weighted by Gasteiger charge is -2.27. The maximum atomic E-state index is 12.8. The molecule has 4 aromatic rings. The molecule has 0 radical (unpaired) electrons. The van der Waals surface area contributed by atoms with Gasteiger partial charge in [0.1, 0.15) is 23.7 Å². The van der Waals surface area contributed by atoms with E-state index >= 15 is 0 Å². The summed E-state index contributed by atoms with van der Waals surface area (Å²) in [5.74, 6) is 1.43. The van der Waals surface area contributed by atoms with E-state index < -0.39 is 5.63 Å². The molecule has 5 rings (SSSR count). The quantitative estimate of drug-likeness (QED) is 0.470. The molecule has 3 heterocycles. The summed E-state index contributed by atoms with van der Waals surface area (Å²) >= 11 is 0. The molecule has 0 saturated carbocycles. The summed E-state index contributed by atoms with van der Waals surface area (Å²) in [6.45, 7) is 5.07. The number of nitrogens with zero attached hydrogens (tertiary/aromatic N) is 1. The van der Waals surface area contributed by atoms with Crippen molar-refractivity contribution in [3.63, 3.8) is 0 Å². The van der Waals surface area contributed by atoms with Gasteiger partial charge in [-0.3, -0.25) is 0 Å². The lowest BCUT2D eigenvalue weighted by atomic mass is 9.98. The summed E-state index contributed by atoms with van der Waals surface area (Å²) in [5.41, 5.74) is 2.80. The second-order valence-electron chi connectivity index (χ2n) is 8.14. The van der Waals surface area contributed by atoms with Gasteiger partial charge in [-0.2, -0.15) is 0 Å². The number of phenolic OH excluding ortho intramolecular Hbond substituents is 1. The van der Waals surface area contributed by atoms with Crippen molar-refractivity contribution < 1.29 is 14.4 Å². The Balaban J connectivity index is 1.57. The van der Waals surface area contributed by atoms with Crippen molar-refractivity contribution in [2.45, 2.75) is 26.3 Å². The molecule has 1 fully saturated rings. The molecule has 2 aromatic carbocycles.